The number of unbranched alkanes of at least 4 members (excludes halogenated alkanes) is 1. The summed E-state index contributed by atoms with van der Waals surface area (Å²) in [4.78, 5) is 14.4. The zero-order valence-corrected chi connectivity index (χ0v) is 11.0. The molecule has 3 N–H and O–H groups in total. The van der Waals surface area contributed by atoms with Crippen molar-refractivity contribution in [2.75, 3.05) is 6.54 Å². The summed E-state index contributed by atoms with van der Waals surface area (Å²) in [6, 6.07) is 0. The third kappa shape index (κ3) is 3.30. The standard InChI is InChI=1S/C12H17F3N4O/c13-12(14,15)11-18-8-7-17-5-4-9(8)19(11)6-2-1-3-10(16)20/h17H,1-7H2,(H2,16,20). The van der Waals surface area contributed by atoms with Crippen molar-refractivity contribution in [1.82, 2.24) is 14.9 Å². The van der Waals surface area contributed by atoms with Gasteiger partial charge < -0.3 is 15.6 Å². The molecule has 0 atom stereocenters. The van der Waals surface area contributed by atoms with Crippen LogP contribution in [0.5, 0.6) is 0 Å². The molecule has 0 aromatic carbocycles. The smallest absolute Gasteiger partial charge is 0.370 e. The van der Waals surface area contributed by atoms with Gasteiger partial charge in [-0.3, -0.25) is 4.79 Å². The van der Waals surface area contributed by atoms with Gasteiger partial charge in [-0.05, 0) is 12.8 Å². The first-order valence-corrected chi connectivity index (χ1v) is 6.54. The lowest BCUT2D eigenvalue weighted by Gasteiger charge is -2.16. The number of alkyl halides is 3. The van der Waals surface area contributed by atoms with E-state index >= 15 is 0 Å². The zero-order chi connectivity index (χ0) is 14.8. The number of imidazole rings is 1. The highest BCUT2D eigenvalue weighted by Crippen LogP contribution is 2.31. The normalized spacial score (nSPS) is 15.2. The van der Waals surface area contributed by atoms with Crippen molar-refractivity contribution in [3.05, 3.63) is 17.2 Å². The predicted octanol–water partition coefficient (Wildman–Crippen LogP) is 1.20. The minimum absolute atomic E-state index is 0.194. The van der Waals surface area contributed by atoms with Crippen LogP contribution in [0.25, 0.3) is 0 Å². The van der Waals surface area contributed by atoms with Crippen molar-refractivity contribution >= 4 is 5.91 Å². The number of carbonyl (C=O) groups is 1. The van der Waals surface area contributed by atoms with Gasteiger partial charge in [0.25, 0.3) is 0 Å². The van der Waals surface area contributed by atoms with E-state index in [0.29, 0.717) is 43.7 Å². The second kappa shape index (κ2) is 5.82. The van der Waals surface area contributed by atoms with E-state index in [-0.39, 0.29) is 13.0 Å². The van der Waals surface area contributed by atoms with Crippen LogP contribution in [-0.2, 0) is 30.5 Å². The number of nitrogens with one attached hydrogen (secondary N) is 1. The molecule has 0 radical (unpaired) electrons. The maximum Gasteiger partial charge on any atom is 0.449 e. The van der Waals surface area contributed by atoms with Crippen LogP contribution >= 0.6 is 0 Å². The van der Waals surface area contributed by atoms with Crippen molar-refractivity contribution in [2.24, 2.45) is 5.73 Å². The Hall–Kier alpha value is -1.57. The average molecular weight is 290 g/mol. The molecule has 8 heteroatoms. The quantitative estimate of drug-likeness (QED) is 0.800. The molecule has 1 aliphatic heterocycles. The van der Waals surface area contributed by atoms with E-state index in [9.17, 15) is 18.0 Å². The Morgan fingerprint density at radius 3 is 2.80 bits per heavy atom. The summed E-state index contributed by atoms with van der Waals surface area (Å²) < 4.78 is 40.2. The van der Waals surface area contributed by atoms with Crippen molar-refractivity contribution in [1.29, 1.82) is 0 Å². The molecule has 112 valence electrons. The maximum atomic E-state index is 13.0. The Balaban J connectivity index is 2.16. The fraction of sp³-hybridized carbons (Fsp3) is 0.667. The Bertz CT molecular complexity index is 496. The van der Waals surface area contributed by atoms with Gasteiger partial charge >= 0.3 is 6.18 Å². The number of hydrogen-bond acceptors (Lipinski definition) is 3. The molecule has 1 aromatic rings. The number of fused-ring (bicyclic) bond motifs is 1. The SMILES string of the molecule is NC(=O)CCCCn1c(C(F)(F)F)nc2c1CCNC2. The van der Waals surface area contributed by atoms with Gasteiger partial charge in [0.2, 0.25) is 11.7 Å². The summed E-state index contributed by atoms with van der Waals surface area (Å²) in [5.41, 5.74) is 6.13. The van der Waals surface area contributed by atoms with E-state index in [4.69, 9.17) is 5.73 Å². The monoisotopic (exact) mass is 290 g/mol. The Morgan fingerprint density at radius 2 is 2.15 bits per heavy atom. The van der Waals surface area contributed by atoms with Gasteiger partial charge in [0.1, 0.15) is 0 Å². The highest BCUT2D eigenvalue weighted by molar-refractivity contribution is 5.73. The molecule has 0 saturated carbocycles. The summed E-state index contributed by atoms with van der Waals surface area (Å²) in [5, 5.41) is 3.01. The second-order valence-electron chi connectivity index (χ2n) is 4.83. The molecule has 1 aromatic heterocycles. The van der Waals surface area contributed by atoms with E-state index < -0.39 is 17.9 Å². The number of halogens is 3. The molecule has 20 heavy (non-hydrogen) atoms. The Morgan fingerprint density at radius 1 is 1.40 bits per heavy atom. The number of primary amides is 1. The number of amides is 1. The van der Waals surface area contributed by atoms with Gasteiger partial charge in [-0.2, -0.15) is 13.2 Å². The third-order valence-corrected chi connectivity index (χ3v) is 3.29. The lowest BCUT2D eigenvalue weighted by Crippen LogP contribution is -2.25. The van der Waals surface area contributed by atoms with Crippen LogP contribution in [-0.4, -0.2) is 22.0 Å². The van der Waals surface area contributed by atoms with E-state index in [1.165, 1.54) is 4.57 Å². The first kappa shape index (κ1) is 14.8. The van der Waals surface area contributed by atoms with E-state index in [0.717, 1.165) is 0 Å². The van der Waals surface area contributed by atoms with Crippen LogP contribution < -0.4 is 11.1 Å². The predicted molar refractivity (Wildman–Crippen MR) is 65.7 cm³/mol. The number of carbonyl (C=O) groups excluding carboxylic acids is 1. The summed E-state index contributed by atoms with van der Waals surface area (Å²) in [6.07, 6.45) is -2.77. The second-order valence-corrected chi connectivity index (χ2v) is 4.83. The largest absolute Gasteiger partial charge is 0.449 e. The topological polar surface area (TPSA) is 72.9 Å². The first-order chi connectivity index (χ1) is 9.39. The third-order valence-electron chi connectivity index (χ3n) is 3.29. The number of nitrogens with zero attached hydrogens (tertiary/aromatic N) is 2. The Labute approximate surface area is 114 Å². The molecule has 2 heterocycles. The lowest BCUT2D eigenvalue weighted by molar-refractivity contribution is -0.147. The van der Waals surface area contributed by atoms with Gasteiger partial charge in [-0.1, -0.05) is 0 Å². The van der Waals surface area contributed by atoms with Crippen LogP contribution in [0.1, 0.15) is 36.5 Å². The van der Waals surface area contributed by atoms with Crippen molar-refractivity contribution < 1.29 is 18.0 Å². The molecule has 0 aliphatic carbocycles. The highest BCUT2D eigenvalue weighted by Gasteiger charge is 2.38. The highest BCUT2D eigenvalue weighted by atomic mass is 19.4. The molecule has 1 aliphatic rings. The van der Waals surface area contributed by atoms with Gasteiger partial charge in [0.15, 0.2) is 0 Å². The molecule has 2 rings (SSSR count). The van der Waals surface area contributed by atoms with Gasteiger partial charge in [0, 0.05) is 38.2 Å². The van der Waals surface area contributed by atoms with E-state index in [1.807, 2.05) is 0 Å². The molecule has 5 nitrogen and oxygen atoms in total. The van der Waals surface area contributed by atoms with Crippen LogP contribution in [0.3, 0.4) is 0 Å². The van der Waals surface area contributed by atoms with Crippen LogP contribution in [0.4, 0.5) is 13.2 Å². The summed E-state index contributed by atoms with van der Waals surface area (Å²) >= 11 is 0. The fourth-order valence-corrected chi connectivity index (χ4v) is 2.40. The van der Waals surface area contributed by atoms with E-state index in [2.05, 4.69) is 10.3 Å². The number of aromatic nitrogens is 2. The minimum atomic E-state index is -4.46. The summed E-state index contributed by atoms with van der Waals surface area (Å²) in [7, 11) is 0. The summed E-state index contributed by atoms with van der Waals surface area (Å²) in [6.45, 7) is 1.23. The molecule has 0 fully saturated rings. The van der Waals surface area contributed by atoms with Crippen LogP contribution in [0, 0.1) is 0 Å². The van der Waals surface area contributed by atoms with Crippen molar-refractivity contribution in [3.8, 4) is 0 Å². The summed E-state index contributed by atoms with van der Waals surface area (Å²) in [5.74, 6) is -1.27. The van der Waals surface area contributed by atoms with Crippen LogP contribution in [0.15, 0.2) is 0 Å². The van der Waals surface area contributed by atoms with Gasteiger partial charge in [-0.15, -0.1) is 0 Å². The number of rotatable bonds is 5. The van der Waals surface area contributed by atoms with E-state index in [1.54, 1.807) is 0 Å². The maximum absolute atomic E-state index is 13.0. The van der Waals surface area contributed by atoms with Crippen molar-refractivity contribution in [2.45, 2.75) is 44.9 Å². The van der Waals surface area contributed by atoms with Gasteiger partial charge in [-0.25, -0.2) is 4.98 Å². The molecular formula is C12H17F3N4O. The molecule has 0 spiro atoms. The average Bonchev–Trinajstić information content (AvgIpc) is 2.73. The molecule has 0 bridgehead atoms. The van der Waals surface area contributed by atoms with Gasteiger partial charge in [0.05, 0.1) is 5.69 Å². The lowest BCUT2D eigenvalue weighted by atomic mass is 10.1. The Kier molecular flexibility index (Phi) is 4.32. The molecule has 0 unspecified atom stereocenters. The number of hydrogen-bond donors (Lipinski definition) is 2. The number of nitrogens with two attached hydrogens (primary N) is 1. The molecular weight excluding hydrogens is 273 g/mol. The zero-order valence-electron chi connectivity index (χ0n) is 11.0. The van der Waals surface area contributed by atoms with Crippen molar-refractivity contribution in [3.63, 3.8) is 0 Å². The molecule has 1 amide bonds. The first-order valence-electron chi connectivity index (χ1n) is 6.54. The molecule has 0 saturated heterocycles. The minimum Gasteiger partial charge on any atom is -0.370 e. The fourth-order valence-electron chi connectivity index (χ4n) is 2.40. The van der Waals surface area contributed by atoms with Crippen LogP contribution in [0.2, 0.25) is 0 Å².